The molecule has 2 N–H and O–H groups in total. The zero-order valence-electron chi connectivity index (χ0n) is 8.60. The highest BCUT2D eigenvalue weighted by Gasteiger charge is 2.06. The van der Waals surface area contributed by atoms with Crippen molar-refractivity contribution in [2.45, 2.75) is 19.9 Å². The predicted octanol–water partition coefficient (Wildman–Crippen LogP) is 1.43. The Morgan fingerprint density at radius 2 is 2.13 bits per heavy atom. The highest BCUT2D eigenvalue weighted by atomic mass is 16.5. The van der Waals surface area contributed by atoms with Crippen LogP contribution in [0.4, 0.5) is 0 Å². The minimum Gasteiger partial charge on any atom is -0.338 e. The van der Waals surface area contributed by atoms with Crippen LogP contribution in [0.25, 0.3) is 0 Å². The predicted molar refractivity (Wildman–Crippen MR) is 56.2 cm³/mol. The van der Waals surface area contributed by atoms with E-state index in [1.54, 1.807) is 0 Å². The Hall–Kier alpha value is -1.68. The monoisotopic (exact) mass is 203 g/mol. The lowest BCUT2D eigenvalue weighted by molar-refractivity contribution is 0.375. The van der Waals surface area contributed by atoms with E-state index in [1.807, 2.05) is 12.1 Å². The third kappa shape index (κ3) is 2.22. The van der Waals surface area contributed by atoms with E-state index in [0.717, 1.165) is 0 Å². The summed E-state index contributed by atoms with van der Waals surface area (Å²) < 4.78 is 4.94. The van der Waals surface area contributed by atoms with Crippen LogP contribution in [0.1, 0.15) is 22.8 Å². The molecule has 0 fully saturated rings. The Morgan fingerprint density at radius 1 is 1.33 bits per heavy atom. The quantitative estimate of drug-likeness (QED) is 0.819. The summed E-state index contributed by atoms with van der Waals surface area (Å²) in [5, 5.41) is 3.86. The topological polar surface area (TPSA) is 64.9 Å². The standard InChI is InChI=1S/C11H13N3O/c1-8-4-2-3-5-9(8)6-10-13-11(7-12)15-14-10/h2-5H,6-7,12H2,1H3. The van der Waals surface area contributed by atoms with Crippen LogP contribution in [0.5, 0.6) is 0 Å². The van der Waals surface area contributed by atoms with Gasteiger partial charge in [0, 0.05) is 6.42 Å². The van der Waals surface area contributed by atoms with Crippen molar-refractivity contribution in [2.24, 2.45) is 5.73 Å². The molecule has 0 aliphatic carbocycles. The van der Waals surface area contributed by atoms with E-state index in [4.69, 9.17) is 10.3 Å². The van der Waals surface area contributed by atoms with Crippen molar-refractivity contribution in [3.05, 3.63) is 47.1 Å². The van der Waals surface area contributed by atoms with Crippen LogP contribution >= 0.6 is 0 Å². The summed E-state index contributed by atoms with van der Waals surface area (Å²) in [4.78, 5) is 4.16. The van der Waals surface area contributed by atoms with E-state index < -0.39 is 0 Å². The van der Waals surface area contributed by atoms with E-state index in [-0.39, 0.29) is 0 Å². The molecule has 0 spiro atoms. The van der Waals surface area contributed by atoms with Crippen molar-refractivity contribution < 1.29 is 4.52 Å². The average Bonchev–Trinajstić information content (AvgIpc) is 2.69. The van der Waals surface area contributed by atoms with Crippen molar-refractivity contribution >= 4 is 0 Å². The number of benzene rings is 1. The van der Waals surface area contributed by atoms with Crippen molar-refractivity contribution in [2.75, 3.05) is 0 Å². The molecule has 0 unspecified atom stereocenters. The van der Waals surface area contributed by atoms with Gasteiger partial charge in [-0.2, -0.15) is 4.98 Å². The first-order valence-corrected chi connectivity index (χ1v) is 4.85. The fraction of sp³-hybridized carbons (Fsp3) is 0.273. The van der Waals surface area contributed by atoms with Gasteiger partial charge >= 0.3 is 0 Å². The molecule has 0 atom stereocenters. The molecule has 2 aromatic rings. The van der Waals surface area contributed by atoms with Crippen molar-refractivity contribution in [1.29, 1.82) is 0 Å². The van der Waals surface area contributed by atoms with E-state index >= 15 is 0 Å². The summed E-state index contributed by atoms with van der Waals surface area (Å²) >= 11 is 0. The van der Waals surface area contributed by atoms with Gasteiger partial charge in [-0.25, -0.2) is 0 Å². The molecule has 78 valence electrons. The van der Waals surface area contributed by atoms with E-state index in [9.17, 15) is 0 Å². The smallest absolute Gasteiger partial charge is 0.240 e. The third-order valence-electron chi connectivity index (χ3n) is 2.29. The second kappa shape index (κ2) is 4.23. The van der Waals surface area contributed by atoms with Crippen LogP contribution in [0.15, 0.2) is 28.8 Å². The van der Waals surface area contributed by atoms with Gasteiger partial charge < -0.3 is 10.3 Å². The maximum atomic E-state index is 5.39. The average molecular weight is 203 g/mol. The molecule has 0 saturated heterocycles. The fourth-order valence-electron chi connectivity index (χ4n) is 1.42. The SMILES string of the molecule is Cc1ccccc1Cc1noc(CN)n1. The lowest BCUT2D eigenvalue weighted by Crippen LogP contribution is -1.97. The fourth-order valence-corrected chi connectivity index (χ4v) is 1.42. The molecule has 0 saturated carbocycles. The molecule has 0 amide bonds. The molecule has 1 heterocycles. The molecule has 0 aliphatic rings. The van der Waals surface area contributed by atoms with Gasteiger partial charge in [0.2, 0.25) is 5.89 Å². The third-order valence-corrected chi connectivity index (χ3v) is 2.29. The van der Waals surface area contributed by atoms with Gasteiger partial charge in [-0.1, -0.05) is 29.4 Å². The first-order valence-electron chi connectivity index (χ1n) is 4.85. The normalized spacial score (nSPS) is 10.5. The zero-order chi connectivity index (χ0) is 10.7. The van der Waals surface area contributed by atoms with Crippen LogP contribution in [0.3, 0.4) is 0 Å². The Balaban J connectivity index is 2.18. The molecule has 4 heteroatoms. The molecule has 0 aliphatic heterocycles. The van der Waals surface area contributed by atoms with Gasteiger partial charge in [-0.15, -0.1) is 0 Å². The second-order valence-electron chi connectivity index (χ2n) is 3.41. The zero-order valence-corrected chi connectivity index (χ0v) is 8.60. The maximum absolute atomic E-state index is 5.39. The minimum absolute atomic E-state index is 0.292. The van der Waals surface area contributed by atoms with E-state index in [2.05, 4.69) is 29.2 Å². The van der Waals surface area contributed by atoms with Gasteiger partial charge in [0.05, 0.1) is 6.54 Å². The number of nitrogens with two attached hydrogens (primary N) is 1. The number of aromatic nitrogens is 2. The highest BCUT2D eigenvalue weighted by molar-refractivity contribution is 5.27. The Morgan fingerprint density at radius 3 is 2.80 bits per heavy atom. The molecule has 0 bridgehead atoms. The van der Waals surface area contributed by atoms with Gasteiger partial charge in [0.25, 0.3) is 0 Å². The first kappa shape index (κ1) is 9.86. The van der Waals surface area contributed by atoms with Crippen LogP contribution in [-0.2, 0) is 13.0 Å². The number of hydrogen-bond acceptors (Lipinski definition) is 4. The largest absolute Gasteiger partial charge is 0.338 e. The summed E-state index contributed by atoms with van der Waals surface area (Å²) in [7, 11) is 0. The maximum Gasteiger partial charge on any atom is 0.240 e. The number of hydrogen-bond donors (Lipinski definition) is 1. The van der Waals surface area contributed by atoms with Gasteiger partial charge in [0.1, 0.15) is 0 Å². The van der Waals surface area contributed by atoms with Crippen LogP contribution < -0.4 is 5.73 Å². The van der Waals surface area contributed by atoms with Crippen LogP contribution in [-0.4, -0.2) is 10.1 Å². The van der Waals surface area contributed by atoms with Crippen molar-refractivity contribution in [3.63, 3.8) is 0 Å². The lowest BCUT2D eigenvalue weighted by Gasteiger charge is -2.00. The van der Waals surface area contributed by atoms with E-state index in [0.29, 0.717) is 24.7 Å². The van der Waals surface area contributed by atoms with Crippen LogP contribution in [0.2, 0.25) is 0 Å². The Bertz CT molecular complexity index is 451. The summed E-state index contributed by atoms with van der Waals surface area (Å²) in [5.74, 6) is 1.17. The van der Waals surface area contributed by atoms with Crippen molar-refractivity contribution in [3.8, 4) is 0 Å². The number of rotatable bonds is 3. The van der Waals surface area contributed by atoms with Gasteiger partial charge in [-0.3, -0.25) is 0 Å². The molecule has 1 aromatic carbocycles. The molecular formula is C11H13N3O. The summed E-state index contributed by atoms with van der Waals surface area (Å²) in [6.45, 7) is 2.36. The summed E-state index contributed by atoms with van der Waals surface area (Å²) in [5.41, 5.74) is 7.83. The van der Waals surface area contributed by atoms with E-state index in [1.165, 1.54) is 11.1 Å². The first-order chi connectivity index (χ1) is 7.29. The van der Waals surface area contributed by atoms with Crippen LogP contribution in [0, 0.1) is 6.92 Å². The molecular weight excluding hydrogens is 190 g/mol. The summed E-state index contributed by atoms with van der Waals surface area (Å²) in [6.07, 6.45) is 0.691. The lowest BCUT2D eigenvalue weighted by atomic mass is 10.1. The minimum atomic E-state index is 0.292. The summed E-state index contributed by atoms with van der Waals surface area (Å²) in [6, 6.07) is 8.15. The number of aryl methyl sites for hydroxylation is 1. The Labute approximate surface area is 88.1 Å². The molecule has 4 nitrogen and oxygen atoms in total. The highest BCUT2D eigenvalue weighted by Crippen LogP contribution is 2.11. The van der Waals surface area contributed by atoms with Gasteiger partial charge in [-0.05, 0) is 18.1 Å². The molecule has 15 heavy (non-hydrogen) atoms. The molecule has 0 radical (unpaired) electrons. The second-order valence-corrected chi connectivity index (χ2v) is 3.41. The number of nitrogens with zero attached hydrogens (tertiary/aromatic N) is 2. The molecule has 1 aromatic heterocycles. The van der Waals surface area contributed by atoms with Gasteiger partial charge in [0.15, 0.2) is 5.82 Å². The van der Waals surface area contributed by atoms with Crippen molar-refractivity contribution in [1.82, 2.24) is 10.1 Å². The Kier molecular flexibility index (Phi) is 2.78. The molecule has 2 rings (SSSR count).